The summed E-state index contributed by atoms with van der Waals surface area (Å²) in [4.78, 5) is 0. The molecule has 0 fully saturated rings. The van der Waals surface area contributed by atoms with E-state index in [4.69, 9.17) is 5.73 Å². The third kappa shape index (κ3) is 2.23. The molecule has 2 N–H and O–H groups in total. The Labute approximate surface area is 92.4 Å². The molecule has 0 radical (unpaired) electrons. The van der Waals surface area contributed by atoms with Crippen molar-refractivity contribution in [2.75, 3.05) is 0 Å². The van der Waals surface area contributed by atoms with Gasteiger partial charge in [-0.1, -0.05) is 12.1 Å². The largest absolute Gasteiger partial charge is 0.405 e. The van der Waals surface area contributed by atoms with Crippen LogP contribution in [0.3, 0.4) is 0 Å². The molecule has 0 aliphatic carbocycles. The molecular weight excluding hydrogens is 205 g/mol. The maximum Gasteiger partial charge on any atom is 0.123 e. The lowest BCUT2D eigenvalue weighted by atomic mass is 10.1. The van der Waals surface area contributed by atoms with E-state index in [9.17, 15) is 4.39 Å². The van der Waals surface area contributed by atoms with E-state index >= 15 is 0 Å². The van der Waals surface area contributed by atoms with Crippen molar-refractivity contribution in [2.24, 2.45) is 5.73 Å². The third-order valence-corrected chi connectivity index (χ3v) is 2.12. The molecule has 2 rings (SSSR count). The first-order valence-corrected chi connectivity index (χ1v) is 4.76. The van der Waals surface area contributed by atoms with Crippen LogP contribution < -0.4 is 5.73 Å². The molecule has 0 aliphatic rings. The fourth-order valence-electron chi connectivity index (χ4n) is 1.36. The van der Waals surface area contributed by atoms with Gasteiger partial charge in [-0.25, -0.2) is 4.39 Å². The number of benzene rings is 1. The number of rotatable bonds is 2. The van der Waals surface area contributed by atoms with Gasteiger partial charge in [0.25, 0.3) is 0 Å². The number of hydrogen-bond acceptors (Lipinski definition) is 3. The second kappa shape index (κ2) is 4.53. The Morgan fingerprint density at radius 3 is 2.56 bits per heavy atom. The van der Waals surface area contributed by atoms with E-state index in [1.165, 1.54) is 18.3 Å². The highest BCUT2D eigenvalue weighted by Gasteiger charge is 1.99. The molecule has 0 saturated heterocycles. The van der Waals surface area contributed by atoms with Gasteiger partial charge in [-0.15, -0.1) is 0 Å². The van der Waals surface area contributed by atoms with Crippen LogP contribution in [0.5, 0.6) is 0 Å². The topological polar surface area (TPSA) is 51.8 Å². The summed E-state index contributed by atoms with van der Waals surface area (Å²) in [5, 5.41) is 7.73. The van der Waals surface area contributed by atoms with Crippen LogP contribution in [-0.4, -0.2) is 10.2 Å². The van der Waals surface area contributed by atoms with Gasteiger partial charge in [0.2, 0.25) is 0 Å². The zero-order valence-corrected chi connectivity index (χ0v) is 8.47. The minimum absolute atomic E-state index is 0.257. The minimum Gasteiger partial charge on any atom is -0.405 e. The molecule has 80 valence electrons. The molecule has 0 amide bonds. The Morgan fingerprint density at radius 2 is 1.88 bits per heavy atom. The highest BCUT2D eigenvalue weighted by atomic mass is 19.1. The second-order valence-corrected chi connectivity index (χ2v) is 3.24. The zero-order valence-electron chi connectivity index (χ0n) is 8.47. The fraction of sp³-hybridized carbons (Fsp3) is 0. The second-order valence-electron chi connectivity index (χ2n) is 3.24. The maximum absolute atomic E-state index is 12.7. The number of hydrogen-bond donors (Lipinski definition) is 1. The van der Waals surface area contributed by atoms with Crippen molar-refractivity contribution in [2.45, 2.75) is 0 Å². The predicted octanol–water partition coefficient (Wildman–Crippen LogP) is 2.21. The number of nitrogens with zero attached hydrogens (tertiary/aromatic N) is 2. The smallest absolute Gasteiger partial charge is 0.123 e. The summed E-state index contributed by atoms with van der Waals surface area (Å²) in [6.45, 7) is 0. The Morgan fingerprint density at radius 1 is 1.12 bits per heavy atom. The van der Waals surface area contributed by atoms with Crippen molar-refractivity contribution in [1.82, 2.24) is 10.2 Å². The minimum atomic E-state index is -0.257. The average molecular weight is 215 g/mol. The molecule has 0 bridgehead atoms. The number of halogens is 1. The first kappa shape index (κ1) is 10.3. The van der Waals surface area contributed by atoms with E-state index in [-0.39, 0.29) is 5.82 Å². The van der Waals surface area contributed by atoms with E-state index in [1.54, 1.807) is 24.4 Å². The van der Waals surface area contributed by atoms with E-state index in [0.29, 0.717) is 5.69 Å². The Balaban J connectivity index is 2.40. The lowest BCUT2D eigenvalue weighted by molar-refractivity contribution is 0.628. The first-order chi connectivity index (χ1) is 7.79. The predicted molar refractivity (Wildman–Crippen MR) is 60.6 cm³/mol. The van der Waals surface area contributed by atoms with Crippen LogP contribution in [-0.2, 0) is 0 Å². The zero-order chi connectivity index (χ0) is 11.4. The van der Waals surface area contributed by atoms with Crippen LogP contribution in [0.1, 0.15) is 5.69 Å². The summed E-state index contributed by atoms with van der Waals surface area (Å²) in [7, 11) is 0. The van der Waals surface area contributed by atoms with Crippen molar-refractivity contribution in [3.05, 3.63) is 54.2 Å². The summed E-state index contributed by atoms with van der Waals surface area (Å²) in [5.74, 6) is -0.257. The van der Waals surface area contributed by atoms with Gasteiger partial charge < -0.3 is 5.73 Å². The molecule has 4 heteroatoms. The normalized spacial score (nSPS) is 10.8. The average Bonchev–Trinajstić information content (AvgIpc) is 2.31. The highest BCUT2D eigenvalue weighted by molar-refractivity contribution is 5.64. The monoisotopic (exact) mass is 215 g/mol. The molecule has 3 nitrogen and oxygen atoms in total. The summed E-state index contributed by atoms with van der Waals surface area (Å²) >= 11 is 0. The van der Waals surface area contributed by atoms with Gasteiger partial charge in [-0.2, -0.15) is 10.2 Å². The van der Waals surface area contributed by atoms with Gasteiger partial charge >= 0.3 is 0 Å². The first-order valence-electron chi connectivity index (χ1n) is 4.76. The molecule has 1 heterocycles. The third-order valence-electron chi connectivity index (χ3n) is 2.12. The van der Waals surface area contributed by atoms with Crippen LogP contribution in [0.15, 0.2) is 42.7 Å². The van der Waals surface area contributed by atoms with Crippen LogP contribution >= 0.6 is 0 Å². The van der Waals surface area contributed by atoms with E-state index in [2.05, 4.69) is 10.2 Å². The number of nitrogens with two attached hydrogens (primary N) is 1. The number of aromatic nitrogens is 2. The molecular formula is C12H10FN3. The Kier molecular flexibility index (Phi) is 2.91. The van der Waals surface area contributed by atoms with Crippen molar-refractivity contribution >= 4 is 6.08 Å². The van der Waals surface area contributed by atoms with E-state index in [1.807, 2.05) is 6.07 Å². The van der Waals surface area contributed by atoms with Crippen LogP contribution in [0.4, 0.5) is 4.39 Å². The van der Waals surface area contributed by atoms with Crippen LogP contribution in [0.2, 0.25) is 0 Å². The molecule has 0 aliphatic heterocycles. The molecule has 2 aromatic rings. The van der Waals surface area contributed by atoms with E-state index in [0.717, 1.165) is 11.1 Å². The summed E-state index contributed by atoms with van der Waals surface area (Å²) < 4.78 is 12.7. The van der Waals surface area contributed by atoms with Gasteiger partial charge in [-0.05, 0) is 36.0 Å². The standard InChI is InChI=1S/C12H10FN3/c13-11-3-1-9(2-4-11)10-7-12(5-6-14)16-15-8-10/h1-8H,14H2/b6-5-. The molecule has 0 spiro atoms. The van der Waals surface area contributed by atoms with Crippen molar-refractivity contribution in [1.29, 1.82) is 0 Å². The highest BCUT2D eigenvalue weighted by Crippen LogP contribution is 2.19. The molecule has 0 atom stereocenters. The molecule has 0 saturated carbocycles. The van der Waals surface area contributed by atoms with Gasteiger partial charge in [0.15, 0.2) is 0 Å². The molecule has 0 unspecified atom stereocenters. The summed E-state index contributed by atoms with van der Waals surface area (Å²) in [5.41, 5.74) is 7.71. The van der Waals surface area contributed by atoms with Gasteiger partial charge in [0.1, 0.15) is 5.82 Å². The SMILES string of the molecule is N/C=C\c1cc(-c2ccc(F)cc2)cnn1. The van der Waals surface area contributed by atoms with Gasteiger partial charge in [0.05, 0.1) is 11.9 Å². The van der Waals surface area contributed by atoms with Crippen molar-refractivity contribution < 1.29 is 4.39 Å². The lowest BCUT2D eigenvalue weighted by Crippen LogP contribution is -1.89. The van der Waals surface area contributed by atoms with E-state index < -0.39 is 0 Å². The Hall–Kier alpha value is -2.23. The van der Waals surface area contributed by atoms with Crippen LogP contribution in [0, 0.1) is 5.82 Å². The molecule has 1 aromatic carbocycles. The summed E-state index contributed by atoms with van der Waals surface area (Å²) in [6, 6.07) is 8.05. The van der Waals surface area contributed by atoms with Gasteiger partial charge in [-0.3, -0.25) is 0 Å². The van der Waals surface area contributed by atoms with Crippen molar-refractivity contribution in [3.8, 4) is 11.1 Å². The van der Waals surface area contributed by atoms with Gasteiger partial charge in [0, 0.05) is 5.56 Å². The van der Waals surface area contributed by atoms with Crippen LogP contribution in [0.25, 0.3) is 17.2 Å². The fourth-order valence-corrected chi connectivity index (χ4v) is 1.36. The van der Waals surface area contributed by atoms with Crippen molar-refractivity contribution in [3.63, 3.8) is 0 Å². The summed E-state index contributed by atoms with van der Waals surface area (Å²) in [6.07, 6.45) is 4.68. The maximum atomic E-state index is 12.7. The Bertz CT molecular complexity index is 506. The quantitative estimate of drug-likeness (QED) is 0.835. The lowest BCUT2D eigenvalue weighted by Gasteiger charge is -2.01. The molecule has 1 aromatic heterocycles. The molecule has 16 heavy (non-hydrogen) atoms.